The monoisotopic (exact) mass is 319 g/mol. The van der Waals surface area contributed by atoms with Crippen molar-refractivity contribution in [2.75, 3.05) is 12.3 Å². The smallest absolute Gasteiger partial charge is 0.240 e. The Labute approximate surface area is 123 Å². The number of benzene rings is 1. The molecule has 20 heavy (non-hydrogen) atoms. The van der Waals surface area contributed by atoms with Gasteiger partial charge >= 0.3 is 0 Å². The summed E-state index contributed by atoms with van der Waals surface area (Å²) >= 11 is 5.73. The number of nitrogens with one attached hydrogen (secondary N) is 2. The van der Waals surface area contributed by atoms with Crippen LogP contribution in [0.5, 0.6) is 0 Å². The Bertz CT molecular complexity index is 588. The number of amides is 1. The highest BCUT2D eigenvalue weighted by Gasteiger charge is 2.15. The molecule has 0 aliphatic carbocycles. The van der Waals surface area contributed by atoms with Crippen molar-refractivity contribution >= 4 is 33.2 Å². The second-order valence-electron chi connectivity index (χ2n) is 4.55. The number of hydrogen-bond acceptors (Lipinski definition) is 4. The molecule has 6 nitrogen and oxygen atoms in total. The van der Waals surface area contributed by atoms with E-state index in [2.05, 4.69) is 10.0 Å². The minimum atomic E-state index is -3.69. The second kappa shape index (κ2) is 6.92. The van der Waals surface area contributed by atoms with Crippen LogP contribution < -0.4 is 15.8 Å². The lowest BCUT2D eigenvalue weighted by Crippen LogP contribution is -2.34. The van der Waals surface area contributed by atoms with E-state index in [1.807, 2.05) is 13.8 Å². The van der Waals surface area contributed by atoms with Crippen molar-refractivity contribution < 1.29 is 13.2 Å². The minimum Gasteiger partial charge on any atom is -0.397 e. The van der Waals surface area contributed by atoms with Crippen molar-refractivity contribution in [1.82, 2.24) is 10.0 Å². The van der Waals surface area contributed by atoms with Crippen LogP contribution in [0.2, 0.25) is 5.02 Å². The number of nitrogens with two attached hydrogens (primary N) is 1. The van der Waals surface area contributed by atoms with Crippen molar-refractivity contribution in [3.63, 3.8) is 0 Å². The molecule has 0 atom stereocenters. The largest absolute Gasteiger partial charge is 0.397 e. The van der Waals surface area contributed by atoms with E-state index < -0.39 is 10.0 Å². The number of carbonyl (C=O) groups excluding carboxylic acids is 1. The van der Waals surface area contributed by atoms with Crippen molar-refractivity contribution in [1.29, 1.82) is 0 Å². The molecule has 0 heterocycles. The summed E-state index contributed by atoms with van der Waals surface area (Å²) in [5.74, 6) is -0.210. The molecular weight excluding hydrogens is 302 g/mol. The Kier molecular flexibility index (Phi) is 5.79. The second-order valence-corrected chi connectivity index (χ2v) is 6.73. The molecular formula is C12H18ClN3O3S. The summed E-state index contributed by atoms with van der Waals surface area (Å²) in [7, 11) is -3.69. The highest BCUT2D eigenvalue weighted by Crippen LogP contribution is 2.21. The van der Waals surface area contributed by atoms with Gasteiger partial charge in [0.25, 0.3) is 0 Å². The number of halogens is 1. The lowest BCUT2D eigenvalue weighted by molar-refractivity contribution is -0.121. The van der Waals surface area contributed by atoms with Gasteiger partial charge in [0.15, 0.2) is 0 Å². The zero-order chi connectivity index (χ0) is 15.3. The predicted octanol–water partition coefficient (Wildman–Crippen LogP) is 1.12. The van der Waals surface area contributed by atoms with E-state index in [1.54, 1.807) is 0 Å². The van der Waals surface area contributed by atoms with E-state index in [4.69, 9.17) is 17.3 Å². The molecule has 1 amide bonds. The van der Waals surface area contributed by atoms with Crippen LogP contribution in [0.25, 0.3) is 0 Å². The Morgan fingerprint density at radius 2 is 2.05 bits per heavy atom. The maximum Gasteiger partial charge on any atom is 0.240 e. The first-order valence-electron chi connectivity index (χ1n) is 6.06. The third-order valence-corrected chi connectivity index (χ3v) is 4.17. The summed E-state index contributed by atoms with van der Waals surface area (Å²) in [6.07, 6.45) is 0.0699. The SMILES string of the molecule is CC(C)NC(=O)CCNS(=O)(=O)c1ccc(Cl)c(N)c1. The van der Waals surface area contributed by atoms with Crippen molar-refractivity contribution in [3.8, 4) is 0 Å². The van der Waals surface area contributed by atoms with E-state index in [0.29, 0.717) is 5.02 Å². The van der Waals surface area contributed by atoms with E-state index in [0.717, 1.165) is 0 Å². The molecule has 8 heteroatoms. The number of nitrogen functional groups attached to an aromatic ring is 1. The third-order valence-electron chi connectivity index (χ3n) is 2.37. The summed E-state index contributed by atoms with van der Waals surface area (Å²) in [5.41, 5.74) is 5.75. The van der Waals surface area contributed by atoms with Gasteiger partial charge in [0.1, 0.15) is 0 Å². The average molecular weight is 320 g/mol. The number of sulfonamides is 1. The fourth-order valence-electron chi connectivity index (χ4n) is 1.47. The molecule has 112 valence electrons. The maximum absolute atomic E-state index is 12.0. The van der Waals surface area contributed by atoms with Crippen LogP contribution in [-0.2, 0) is 14.8 Å². The Morgan fingerprint density at radius 1 is 1.40 bits per heavy atom. The summed E-state index contributed by atoms with van der Waals surface area (Å²) in [6.45, 7) is 3.68. The predicted molar refractivity (Wildman–Crippen MR) is 78.9 cm³/mol. The van der Waals surface area contributed by atoms with E-state index in [-0.39, 0.29) is 35.5 Å². The number of carbonyl (C=O) groups is 1. The number of anilines is 1. The Hall–Kier alpha value is -1.31. The fourth-order valence-corrected chi connectivity index (χ4v) is 2.65. The van der Waals surface area contributed by atoms with Gasteiger partial charge in [-0.15, -0.1) is 0 Å². The zero-order valence-electron chi connectivity index (χ0n) is 11.3. The van der Waals surface area contributed by atoms with Crippen molar-refractivity contribution in [2.45, 2.75) is 31.2 Å². The summed E-state index contributed by atoms with van der Waals surface area (Å²) < 4.78 is 26.3. The van der Waals surface area contributed by atoms with Crippen molar-refractivity contribution in [3.05, 3.63) is 23.2 Å². The molecule has 4 N–H and O–H groups in total. The van der Waals surface area contributed by atoms with Crippen LogP contribution in [0.1, 0.15) is 20.3 Å². The number of hydrogen-bond donors (Lipinski definition) is 3. The summed E-state index contributed by atoms with van der Waals surface area (Å²) in [5, 5.41) is 2.97. The van der Waals surface area contributed by atoms with Gasteiger partial charge in [0.2, 0.25) is 15.9 Å². The highest BCUT2D eigenvalue weighted by molar-refractivity contribution is 7.89. The zero-order valence-corrected chi connectivity index (χ0v) is 12.9. The lowest BCUT2D eigenvalue weighted by atomic mass is 10.3. The van der Waals surface area contributed by atoms with E-state index >= 15 is 0 Å². The molecule has 0 radical (unpaired) electrons. The first-order chi connectivity index (χ1) is 9.22. The summed E-state index contributed by atoms with van der Waals surface area (Å²) in [6, 6.07) is 4.07. The Morgan fingerprint density at radius 3 is 2.60 bits per heavy atom. The van der Waals surface area contributed by atoms with Gasteiger partial charge in [-0.2, -0.15) is 0 Å². The molecule has 1 aromatic carbocycles. The van der Waals surface area contributed by atoms with Crippen LogP contribution in [0.3, 0.4) is 0 Å². The normalized spacial score (nSPS) is 11.6. The number of rotatable bonds is 6. The summed E-state index contributed by atoms with van der Waals surface area (Å²) in [4.78, 5) is 11.4. The average Bonchev–Trinajstić information content (AvgIpc) is 2.31. The molecule has 0 saturated carbocycles. The molecule has 0 saturated heterocycles. The molecule has 0 aliphatic heterocycles. The first kappa shape index (κ1) is 16.7. The molecule has 0 unspecified atom stereocenters. The van der Waals surface area contributed by atoms with Crippen LogP contribution in [-0.4, -0.2) is 26.9 Å². The van der Waals surface area contributed by atoms with Crippen LogP contribution >= 0.6 is 11.6 Å². The van der Waals surface area contributed by atoms with Gasteiger partial charge in [-0.1, -0.05) is 11.6 Å². The molecule has 0 aromatic heterocycles. The lowest BCUT2D eigenvalue weighted by Gasteiger charge is -2.10. The van der Waals surface area contributed by atoms with E-state index in [9.17, 15) is 13.2 Å². The van der Waals surface area contributed by atoms with Gasteiger partial charge in [0.05, 0.1) is 15.6 Å². The van der Waals surface area contributed by atoms with Crippen LogP contribution in [0.4, 0.5) is 5.69 Å². The molecule has 0 spiro atoms. The van der Waals surface area contributed by atoms with Crippen LogP contribution in [0, 0.1) is 0 Å². The van der Waals surface area contributed by atoms with Gasteiger partial charge in [-0.25, -0.2) is 13.1 Å². The highest BCUT2D eigenvalue weighted by atomic mass is 35.5. The molecule has 0 bridgehead atoms. The fraction of sp³-hybridized carbons (Fsp3) is 0.417. The molecule has 0 fully saturated rings. The third kappa shape index (κ3) is 4.99. The molecule has 1 aromatic rings. The first-order valence-corrected chi connectivity index (χ1v) is 7.92. The molecule has 1 rings (SSSR count). The topological polar surface area (TPSA) is 101 Å². The van der Waals surface area contributed by atoms with Gasteiger partial charge in [-0.05, 0) is 32.0 Å². The van der Waals surface area contributed by atoms with Crippen molar-refractivity contribution in [2.24, 2.45) is 0 Å². The standard InChI is InChI=1S/C12H18ClN3O3S/c1-8(2)16-12(17)5-6-15-20(18,19)9-3-4-10(13)11(14)7-9/h3-4,7-8,15H,5-6,14H2,1-2H3,(H,16,17). The quantitative estimate of drug-likeness (QED) is 0.684. The van der Waals surface area contributed by atoms with Gasteiger partial charge in [0, 0.05) is 19.0 Å². The van der Waals surface area contributed by atoms with E-state index in [1.165, 1.54) is 18.2 Å². The maximum atomic E-state index is 12.0. The van der Waals surface area contributed by atoms with Crippen LogP contribution in [0.15, 0.2) is 23.1 Å². The minimum absolute atomic E-state index is 0.0173. The Balaban J connectivity index is 2.62. The van der Waals surface area contributed by atoms with Gasteiger partial charge < -0.3 is 11.1 Å². The van der Waals surface area contributed by atoms with Gasteiger partial charge in [-0.3, -0.25) is 4.79 Å². The molecule has 0 aliphatic rings.